The summed E-state index contributed by atoms with van der Waals surface area (Å²) >= 11 is 0. The summed E-state index contributed by atoms with van der Waals surface area (Å²) < 4.78 is 2.07. The standard InChI is InChI=1S/C14H18N4/c1-9(2)11-6-15-12-7-16-18(13(12)17-11)8-14-3-10(4-14)5-14/h6-7,9-10H,3-5,8H2,1-2H3. The summed E-state index contributed by atoms with van der Waals surface area (Å²) in [6.07, 6.45) is 7.90. The van der Waals surface area contributed by atoms with Crippen molar-refractivity contribution in [1.82, 2.24) is 19.7 Å². The SMILES string of the molecule is CC(C)c1cnc2cnn(CC34CC(C3)C4)c2n1. The van der Waals surface area contributed by atoms with Gasteiger partial charge in [-0.15, -0.1) is 0 Å². The van der Waals surface area contributed by atoms with Crippen LogP contribution < -0.4 is 0 Å². The maximum absolute atomic E-state index is 4.73. The number of hydrogen-bond donors (Lipinski definition) is 0. The highest BCUT2D eigenvalue weighted by molar-refractivity contribution is 5.69. The Bertz CT molecular complexity index is 596. The zero-order chi connectivity index (χ0) is 12.3. The van der Waals surface area contributed by atoms with Crippen molar-refractivity contribution in [2.75, 3.05) is 0 Å². The van der Waals surface area contributed by atoms with Crippen molar-refractivity contribution in [1.29, 1.82) is 0 Å². The summed E-state index contributed by atoms with van der Waals surface area (Å²) in [5, 5.41) is 4.48. The summed E-state index contributed by atoms with van der Waals surface area (Å²) in [4.78, 5) is 9.20. The second kappa shape index (κ2) is 3.31. The summed E-state index contributed by atoms with van der Waals surface area (Å²) in [5.74, 6) is 1.43. The van der Waals surface area contributed by atoms with Gasteiger partial charge in [0.1, 0.15) is 5.52 Å². The molecule has 0 atom stereocenters. The van der Waals surface area contributed by atoms with E-state index in [-0.39, 0.29) is 0 Å². The van der Waals surface area contributed by atoms with Gasteiger partial charge in [-0.1, -0.05) is 13.8 Å². The summed E-state index contributed by atoms with van der Waals surface area (Å²) in [6, 6.07) is 0. The lowest BCUT2D eigenvalue weighted by molar-refractivity contribution is -0.119. The van der Waals surface area contributed by atoms with E-state index in [2.05, 4.69) is 28.6 Å². The molecule has 5 rings (SSSR count). The molecule has 94 valence electrons. The molecule has 3 fully saturated rings. The highest BCUT2D eigenvalue weighted by atomic mass is 15.3. The highest BCUT2D eigenvalue weighted by Crippen LogP contribution is 2.65. The van der Waals surface area contributed by atoms with Gasteiger partial charge >= 0.3 is 0 Å². The third-order valence-corrected chi connectivity index (χ3v) is 4.61. The number of rotatable bonds is 3. The molecule has 4 nitrogen and oxygen atoms in total. The van der Waals surface area contributed by atoms with Crippen LogP contribution in [0.25, 0.3) is 11.2 Å². The monoisotopic (exact) mass is 242 g/mol. The Morgan fingerprint density at radius 1 is 1.33 bits per heavy atom. The smallest absolute Gasteiger partial charge is 0.177 e. The number of fused-ring (bicyclic) bond motifs is 1. The fourth-order valence-corrected chi connectivity index (χ4v) is 3.42. The zero-order valence-corrected chi connectivity index (χ0v) is 10.9. The molecule has 0 aliphatic heterocycles. The van der Waals surface area contributed by atoms with E-state index < -0.39 is 0 Å². The van der Waals surface area contributed by atoms with Crippen LogP contribution in [0.4, 0.5) is 0 Å². The molecule has 2 bridgehead atoms. The molecule has 2 heterocycles. The second-order valence-electron chi connectivity index (χ2n) is 6.44. The summed E-state index contributed by atoms with van der Waals surface area (Å²) in [5.41, 5.74) is 3.50. The van der Waals surface area contributed by atoms with Crippen LogP contribution in [-0.4, -0.2) is 19.7 Å². The second-order valence-corrected chi connectivity index (χ2v) is 6.44. The molecule has 0 aromatic carbocycles. The minimum atomic E-state index is 0.417. The van der Waals surface area contributed by atoms with Crippen molar-refractivity contribution in [3.05, 3.63) is 18.1 Å². The van der Waals surface area contributed by atoms with Crippen molar-refractivity contribution in [3.63, 3.8) is 0 Å². The maximum atomic E-state index is 4.73. The van der Waals surface area contributed by atoms with Crippen molar-refractivity contribution in [2.24, 2.45) is 11.3 Å². The first-order valence-electron chi connectivity index (χ1n) is 6.84. The quantitative estimate of drug-likeness (QED) is 0.831. The number of nitrogens with zero attached hydrogens (tertiary/aromatic N) is 4. The fourth-order valence-electron chi connectivity index (χ4n) is 3.42. The lowest BCUT2D eigenvalue weighted by Gasteiger charge is -2.61. The molecule has 0 amide bonds. The lowest BCUT2D eigenvalue weighted by Crippen LogP contribution is -2.54. The summed E-state index contributed by atoms with van der Waals surface area (Å²) in [6.45, 7) is 5.33. The minimum Gasteiger partial charge on any atom is -0.249 e. The van der Waals surface area contributed by atoms with Gasteiger partial charge in [-0.2, -0.15) is 5.10 Å². The molecule has 2 aromatic heterocycles. The molecule has 0 saturated heterocycles. The predicted octanol–water partition coefficient (Wildman–Crippen LogP) is 2.75. The Kier molecular flexibility index (Phi) is 1.92. The normalized spacial score (nSPS) is 29.4. The Morgan fingerprint density at radius 3 is 2.72 bits per heavy atom. The number of aromatic nitrogens is 4. The molecule has 0 unspecified atom stereocenters. The first-order valence-corrected chi connectivity index (χ1v) is 6.84. The van der Waals surface area contributed by atoms with E-state index in [4.69, 9.17) is 4.98 Å². The molecule has 0 N–H and O–H groups in total. The van der Waals surface area contributed by atoms with Crippen LogP contribution in [0.5, 0.6) is 0 Å². The molecular formula is C14H18N4. The maximum Gasteiger partial charge on any atom is 0.177 e. The molecule has 3 aliphatic carbocycles. The van der Waals surface area contributed by atoms with Gasteiger partial charge in [0, 0.05) is 12.7 Å². The minimum absolute atomic E-state index is 0.417. The Balaban J connectivity index is 1.73. The van der Waals surface area contributed by atoms with Crippen LogP contribution in [-0.2, 0) is 6.54 Å². The first-order chi connectivity index (χ1) is 8.65. The average Bonchev–Trinajstić information content (AvgIpc) is 2.63. The summed E-state index contributed by atoms with van der Waals surface area (Å²) in [7, 11) is 0. The van der Waals surface area contributed by atoms with Crippen LogP contribution in [0.3, 0.4) is 0 Å². The number of hydrogen-bond acceptors (Lipinski definition) is 3. The average molecular weight is 242 g/mol. The Morgan fingerprint density at radius 2 is 2.11 bits per heavy atom. The zero-order valence-electron chi connectivity index (χ0n) is 10.9. The van der Waals surface area contributed by atoms with Crippen molar-refractivity contribution in [2.45, 2.75) is 45.6 Å². The van der Waals surface area contributed by atoms with Crippen LogP contribution in [0.1, 0.15) is 44.7 Å². The van der Waals surface area contributed by atoms with Gasteiger partial charge < -0.3 is 0 Å². The third-order valence-electron chi connectivity index (χ3n) is 4.61. The van der Waals surface area contributed by atoms with Crippen LogP contribution in [0.15, 0.2) is 12.4 Å². The van der Waals surface area contributed by atoms with Crippen molar-refractivity contribution in [3.8, 4) is 0 Å². The van der Waals surface area contributed by atoms with Crippen LogP contribution in [0, 0.1) is 11.3 Å². The topological polar surface area (TPSA) is 43.6 Å². The van der Waals surface area contributed by atoms with Gasteiger partial charge in [0.2, 0.25) is 0 Å². The Hall–Kier alpha value is -1.45. The third kappa shape index (κ3) is 1.35. The molecule has 0 radical (unpaired) electrons. The molecule has 3 saturated carbocycles. The molecule has 2 aromatic rings. The van der Waals surface area contributed by atoms with Crippen molar-refractivity contribution >= 4 is 11.2 Å². The van der Waals surface area contributed by atoms with Gasteiger partial charge in [-0.3, -0.25) is 0 Å². The van der Waals surface area contributed by atoms with Crippen molar-refractivity contribution < 1.29 is 0 Å². The van der Waals surface area contributed by atoms with E-state index in [1.54, 1.807) is 0 Å². The van der Waals surface area contributed by atoms with E-state index in [9.17, 15) is 0 Å². The van der Waals surface area contributed by atoms with Gasteiger partial charge in [0.25, 0.3) is 0 Å². The van der Waals surface area contributed by atoms with Crippen LogP contribution >= 0.6 is 0 Å². The van der Waals surface area contributed by atoms with Crippen LogP contribution in [0.2, 0.25) is 0 Å². The van der Waals surface area contributed by atoms with E-state index >= 15 is 0 Å². The predicted molar refractivity (Wildman–Crippen MR) is 69.2 cm³/mol. The van der Waals surface area contributed by atoms with E-state index in [0.29, 0.717) is 11.3 Å². The largest absolute Gasteiger partial charge is 0.249 e. The fraction of sp³-hybridized carbons (Fsp3) is 0.643. The molecule has 4 heteroatoms. The highest BCUT2D eigenvalue weighted by Gasteiger charge is 2.56. The van der Waals surface area contributed by atoms with E-state index in [0.717, 1.165) is 29.3 Å². The molecule has 18 heavy (non-hydrogen) atoms. The van der Waals surface area contributed by atoms with Gasteiger partial charge in [-0.25, -0.2) is 14.6 Å². The lowest BCUT2D eigenvalue weighted by atomic mass is 9.44. The van der Waals surface area contributed by atoms with Gasteiger partial charge in [0.05, 0.1) is 11.9 Å². The molecule has 0 spiro atoms. The van der Waals surface area contributed by atoms with E-state index in [1.807, 2.05) is 12.4 Å². The van der Waals surface area contributed by atoms with Gasteiger partial charge in [0.15, 0.2) is 5.65 Å². The Labute approximate surface area is 106 Å². The molecule has 3 aliphatic rings. The van der Waals surface area contributed by atoms with E-state index in [1.165, 1.54) is 19.3 Å². The molecular weight excluding hydrogens is 224 g/mol. The van der Waals surface area contributed by atoms with Gasteiger partial charge in [-0.05, 0) is 36.5 Å². The first kappa shape index (κ1) is 10.5.